The molecule has 1 amide bonds. The minimum absolute atomic E-state index is 0.405. The number of hydrogen-bond acceptors (Lipinski definition) is 2. The van der Waals surface area contributed by atoms with E-state index in [2.05, 4.69) is 35.9 Å². The minimum Gasteiger partial charge on any atom is -0.343 e. The van der Waals surface area contributed by atoms with Crippen molar-refractivity contribution < 1.29 is 4.79 Å². The van der Waals surface area contributed by atoms with Gasteiger partial charge in [-0.2, -0.15) is 0 Å². The Hall–Kier alpha value is -1.38. The van der Waals surface area contributed by atoms with Gasteiger partial charge in [-0.15, -0.1) is 0 Å². The van der Waals surface area contributed by atoms with Gasteiger partial charge in [0, 0.05) is 31.9 Å². The molecule has 4 bridgehead atoms. The van der Waals surface area contributed by atoms with Gasteiger partial charge in [0.05, 0.1) is 0 Å². The monoisotopic (exact) mass is 424 g/mol. The Morgan fingerprint density at radius 3 is 2.32 bits per heavy atom. The zero-order valence-electron chi connectivity index (χ0n) is 20.0. The Labute approximate surface area is 190 Å². The number of carbonyl (C=O) groups is 1. The summed E-state index contributed by atoms with van der Waals surface area (Å²) in [4.78, 5) is 19.6. The molecule has 4 fully saturated rings. The molecule has 0 spiro atoms. The van der Waals surface area contributed by atoms with Gasteiger partial charge in [0.15, 0.2) is 0 Å². The molecule has 0 saturated heterocycles. The van der Waals surface area contributed by atoms with E-state index >= 15 is 0 Å². The minimum atomic E-state index is 0.405. The van der Waals surface area contributed by atoms with Crippen LogP contribution in [-0.4, -0.2) is 28.9 Å². The molecule has 1 atom stereocenters. The lowest BCUT2D eigenvalue weighted by atomic mass is 9.49. The first kappa shape index (κ1) is 22.8. The molecule has 4 saturated carbocycles. The van der Waals surface area contributed by atoms with Crippen LogP contribution in [0.15, 0.2) is 24.5 Å². The fraction of sp³-hybridized carbons (Fsp3) is 0.786. The van der Waals surface area contributed by atoms with Gasteiger partial charge in [-0.25, -0.2) is 0 Å². The smallest absolute Gasteiger partial charge is 0.222 e. The van der Waals surface area contributed by atoms with E-state index in [0.29, 0.717) is 23.7 Å². The number of hydrogen-bond donors (Lipinski definition) is 0. The maximum absolute atomic E-state index is 13.2. The Morgan fingerprint density at radius 1 is 1.06 bits per heavy atom. The number of carbonyl (C=O) groups excluding carboxylic acids is 1. The number of nitrogens with zero attached hydrogens (tertiary/aromatic N) is 2. The second-order valence-corrected chi connectivity index (χ2v) is 11.5. The molecule has 0 aromatic carbocycles. The molecular weight excluding hydrogens is 380 g/mol. The van der Waals surface area contributed by atoms with E-state index in [1.807, 2.05) is 12.4 Å². The summed E-state index contributed by atoms with van der Waals surface area (Å²) in [5.74, 6) is 3.95. The Bertz CT molecular complexity index is 665. The summed E-state index contributed by atoms with van der Waals surface area (Å²) in [5.41, 5.74) is 1.91. The lowest BCUT2D eigenvalue weighted by molar-refractivity contribution is -0.132. The predicted molar refractivity (Wildman–Crippen MR) is 128 cm³/mol. The van der Waals surface area contributed by atoms with Gasteiger partial charge in [-0.05, 0) is 111 Å². The van der Waals surface area contributed by atoms with E-state index in [9.17, 15) is 4.79 Å². The molecule has 5 rings (SSSR count). The van der Waals surface area contributed by atoms with Crippen LogP contribution < -0.4 is 0 Å². The number of amides is 1. The highest BCUT2D eigenvalue weighted by atomic mass is 16.2. The van der Waals surface area contributed by atoms with Crippen molar-refractivity contribution in [2.24, 2.45) is 29.1 Å². The molecule has 4 aliphatic rings. The summed E-state index contributed by atoms with van der Waals surface area (Å²) in [6, 6.07) is 4.20. The first-order valence-corrected chi connectivity index (χ1v) is 13.2. The van der Waals surface area contributed by atoms with Crippen LogP contribution in [0, 0.1) is 29.1 Å². The van der Waals surface area contributed by atoms with Crippen LogP contribution in [0.25, 0.3) is 0 Å². The van der Waals surface area contributed by atoms with Crippen LogP contribution in [0.3, 0.4) is 0 Å². The van der Waals surface area contributed by atoms with Gasteiger partial charge in [-0.1, -0.05) is 26.7 Å². The molecule has 1 aromatic rings. The van der Waals surface area contributed by atoms with Gasteiger partial charge in [0.1, 0.15) is 0 Å². The molecule has 3 nitrogen and oxygen atoms in total. The maximum atomic E-state index is 13.2. The summed E-state index contributed by atoms with van der Waals surface area (Å²) in [5, 5.41) is 0. The zero-order chi connectivity index (χ0) is 21.7. The molecule has 1 aromatic heterocycles. The van der Waals surface area contributed by atoms with Gasteiger partial charge in [0.25, 0.3) is 0 Å². The molecule has 31 heavy (non-hydrogen) atoms. The van der Waals surface area contributed by atoms with E-state index < -0.39 is 0 Å². The molecule has 1 heterocycles. The van der Waals surface area contributed by atoms with Crippen molar-refractivity contribution in [3.05, 3.63) is 30.1 Å². The normalized spacial score (nSPS) is 29.8. The topological polar surface area (TPSA) is 33.2 Å². The van der Waals surface area contributed by atoms with Crippen molar-refractivity contribution in [1.29, 1.82) is 0 Å². The second-order valence-electron chi connectivity index (χ2n) is 11.5. The second kappa shape index (κ2) is 10.5. The van der Waals surface area contributed by atoms with E-state index in [0.717, 1.165) is 50.1 Å². The number of pyridine rings is 1. The highest BCUT2D eigenvalue weighted by Gasteiger charge is 2.50. The summed E-state index contributed by atoms with van der Waals surface area (Å²) in [6.07, 6.45) is 20.3. The molecule has 172 valence electrons. The van der Waals surface area contributed by atoms with Crippen molar-refractivity contribution in [2.75, 3.05) is 13.1 Å². The lowest BCUT2D eigenvalue weighted by Crippen LogP contribution is -2.47. The fourth-order valence-corrected chi connectivity index (χ4v) is 7.43. The zero-order valence-corrected chi connectivity index (χ0v) is 20.0. The fourth-order valence-electron chi connectivity index (χ4n) is 7.43. The van der Waals surface area contributed by atoms with Crippen LogP contribution in [0.5, 0.6) is 0 Å². The van der Waals surface area contributed by atoms with Crippen LogP contribution in [0.1, 0.15) is 96.5 Å². The van der Waals surface area contributed by atoms with Gasteiger partial charge < -0.3 is 4.90 Å². The third-order valence-electron chi connectivity index (χ3n) is 8.65. The third-order valence-corrected chi connectivity index (χ3v) is 8.65. The van der Waals surface area contributed by atoms with Gasteiger partial charge >= 0.3 is 0 Å². The third kappa shape index (κ3) is 6.11. The van der Waals surface area contributed by atoms with Crippen LogP contribution in [0.2, 0.25) is 0 Å². The molecule has 0 N–H and O–H groups in total. The average Bonchev–Trinajstić information content (AvgIpc) is 2.74. The maximum Gasteiger partial charge on any atom is 0.222 e. The molecule has 4 aliphatic carbocycles. The molecular formula is C28H44N2O. The molecule has 1 unspecified atom stereocenters. The van der Waals surface area contributed by atoms with Gasteiger partial charge in [-0.3, -0.25) is 9.78 Å². The summed E-state index contributed by atoms with van der Waals surface area (Å²) < 4.78 is 0. The summed E-state index contributed by atoms with van der Waals surface area (Å²) in [6.45, 7) is 6.51. The first-order chi connectivity index (χ1) is 15.0. The van der Waals surface area contributed by atoms with Crippen molar-refractivity contribution in [3.63, 3.8) is 0 Å². The summed E-state index contributed by atoms with van der Waals surface area (Å²) in [7, 11) is 0. The number of aromatic nitrogens is 1. The Morgan fingerprint density at radius 2 is 1.71 bits per heavy atom. The average molecular weight is 425 g/mol. The lowest BCUT2D eigenvalue weighted by Gasteiger charge is -2.57. The van der Waals surface area contributed by atoms with Crippen molar-refractivity contribution in [1.82, 2.24) is 9.88 Å². The standard InChI is InChI=1S/C28H44N2O/c1-3-4-5-13-30(27(31)7-6-22(2)15-23-8-11-29-12-9-23)14-10-28-19-24-16-25(20-28)18-26(17-24)21-28/h8-9,11-12,22,24-26H,3-7,10,13-21H2,1-2H3. The Kier molecular flexibility index (Phi) is 7.72. The molecule has 0 aliphatic heterocycles. The van der Waals surface area contributed by atoms with E-state index in [1.54, 1.807) is 0 Å². The Balaban J connectivity index is 1.28. The molecule has 3 heteroatoms. The van der Waals surface area contributed by atoms with E-state index in [4.69, 9.17) is 0 Å². The highest BCUT2D eigenvalue weighted by Crippen LogP contribution is 2.61. The number of rotatable bonds is 12. The highest BCUT2D eigenvalue weighted by molar-refractivity contribution is 5.76. The first-order valence-electron chi connectivity index (χ1n) is 13.2. The van der Waals surface area contributed by atoms with E-state index in [-0.39, 0.29) is 0 Å². The number of unbranched alkanes of at least 4 members (excludes halogenated alkanes) is 2. The predicted octanol–water partition coefficient (Wildman–Crippen LogP) is 6.67. The van der Waals surface area contributed by atoms with Crippen LogP contribution in [0.4, 0.5) is 0 Å². The summed E-state index contributed by atoms with van der Waals surface area (Å²) >= 11 is 0. The van der Waals surface area contributed by atoms with Crippen molar-refractivity contribution in [2.45, 2.75) is 97.3 Å². The van der Waals surface area contributed by atoms with Crippen molar-refractivity contribution >= 4 is 5.91 Å². The largest absolute Gasteiger partial charge is 0.343 e. The quantitative estimate of drug-likeness (QED) is 0.351. The SMILES string of the molecule is CCCCCN(CCC12CC3CC(CC(C3)C1)C2)C(=O)CCC(C)Cc1ccncc1. The van der Waals surface area contributed by atoms with Gasteiger partial charge in [0.2, 0.25) is 5.91 Å². The van der Waals surface area contributed by atoms with Crippen LogP contribution in [-0.2, 0) is 11.2 Å². The van der Waals surface area contributed by atoms with Crippen LogP contribution >= 0.6 is 0 Å². The molecule has 0 radical (unpaired) electrons. The van der Waals surface area contributed by atoms with Crippen molar-refractivity contribution in [3.8, 4) is 0 Å². The van der Waals surface area contributed by atoms with E-state index in [1.165, 1.54) is 63.4 Å².